The van der Waals surface area contributed by atoms with Gasteiger partial charge in [0.2, 0.25) is 0 Å². The van der Waals surface area contributed by atoms with Crippen LogP contribution < -0.4 is 5.32 Å². The molecule has 0 bridgehead atoms. The molecule has 24 heavy (non-hydrogen) atoms. The number of amides is 1. The van der Waals surface area contributed by atoms with Crippen LogP contribution in [0.1, 0.15) is 32.1 Å². The normalized spacial score (nSPS) is 18.8. The van der Waals surface area contributed by atoms with Crippen LogP contribution in [0.5, 0.6) is 0 Å². The van der Waals surface area contributed by atoms with Crippen molar-refractivity contribution >= 4 is 29.3 Å². The van der Waals surface area contributed by atoms with E-state index in [2.05, 4.69) is 12.2 Å². The monoisotopic (exact) mass is 352 g/mol. The molecule has 1 aliphatic rings. The lowest BCUT2D eigenvalue weighted by Gasteiger charge is -2.32. The molecule has 3 rings (SSSR count). The minimum Gasteiger partial charge on any atom is -0.459 e. The number of rotatable bonds is 5. The lowest BCUT2D eigenvalue weighted by Crippen LogP contribution is -2.50. The van der Waals surface area contributed by atoms with E-state index in [1.807, 2.05) is 42.2 Å². The fraction of sp³-hybridized carbons (Fsp3) is 0.500. The molecule has 0 aliphatic carbocycles. The van der Waals surface area contributed by atoms with Gasteiger partial charge in [-0.2, -0.15) is 0 Å². The predicted octanol–water partition coefficient (Wildman–Crippen LogP) is 3.14. The Kier molecular flexibility index (Phi) is 6.66. The Morgan fingerprint density at radius 1 is 1.42 bits per heavy atom. The summed E-state index contributed by atoms with van der Waals surface area (Å²) < 4.78 is 11.6. The number of furan rings is 1. The van der Waals surface area contributed by atoms with Gasteiger partial charge in [0.05, 0.1) is 12.6 Å². The number of halogens is 1. The first-order chi connectivity index (χ1) is 11.2. The summed E-state index contributed by atoms with van der Waals surface area (Å²) in [5, 5.41) is 4.28. The molecule has 0 spiro atoms. The van der Waals surface area contributed by atoms with E-state index in [9.17, 15) is 4.79 Å². The fourth-order valence-electron chi connectivity index (χ4n) is 3.01. The zero-order valence-electron chi connectivity index (χ0n) is 14.2. The van der Waals surface area contributed by atoms with Crippen LogP contribution in [0.4, 0.5) is 0 Å². The topological polar surface area (TPSA) is 54.7 Å². The molecule has 1 aromatic heterocycles. The highest BCUT2D eigenvalue weighted by molar-refractivity contribution is 5.85. The van der Waals surface area contributed by atoms with Crippen molar-refractivity contribution in [2.75, 3.05) is 26.2 Å². The zero-order chi connectivity index (χ0) is 16.2. The molecule has 0 radical (unpaired) electrons. The summed E-state index contributed by atoms with van der Waals surface area (Å²) in [5.74, 6) is 0.851. The number of para-hydroxylation sites is 1. The molecule has 132 valence electrons. The van der Waals surface area contributed by atoms with Crippen molar-refractivity contribution in [2.24, 2.45) is 0 Å². The van der Waals surface area contributed by atoms with Crippen LogP contribution in [-0.2, 0) is 9.53 Å². The first kappa shape index (κ1) is 18.8. The number of hydrogen-bond donors (Lipinski definition) is 1. The van der Waals surface area contributed by atoms with E-state index >= 15 is 0 Å². The van der Waals surface area contributed by atoms with Crippen molar-refractivity contribution in [3.63, 3.8) is 0 Å². The molecular formula is C18H25ClN2O3. The van der Waals surface area contributed by atoms with Gasteiger partial charge in [-0.15, -0.1) is 12.4 Å². The van der Waals surface area contributed by atoms with E-state index in [4.69, 9.17) is 9.15 Å². The zero-order valence-corrected chi connectivity index (χ0v) is 15.0. The van der Waals surface area contributed by atoms with Crippen molar-refractivity contribution < 1.29 is 13.9 Å². The molecule has 6 heteroatoms. The number of nitrogens with zero attached hydrogens (tertiary/aromatic N) is 1. The lowest BCUT2D eigenvalue weighted by atomic mass is 10.1. The second-order valence-electron chi connectivity index (χ2n) is 5.96. The molecule has 5 nitrogen and oxygen atoms in total. The second-order valence-corrected chi connectivity index (χ2v) is 5.96. The van der Waals surface area contributed by atoms with Gasteiger partial charge in [0, 0.05) is 25.0 Å². The molecule has 1 aromatic carbocycles. The molecule has 2 atom stereocenters. The van der Waals surface area contributed by atoms with Gasteiger partial charge >= 0.3 is 0 Å². The van der Waals surface area contributed by atoms with Crippen LogP contribution in [0.25, 0.3) is 11.0 Å². The molecule has 1 fully saturated rings. The average molecular weight is 353 g/mol. The Bertz CT molecular complexity index is 634. The van der Waals surface area contributed by atoms with E-state index in [1.165, 1.54) is 0 Å². The summed E-state index contributed by atoms with van der Waals surface area (Å²) in [4.78, 5) is 14.7. The molecular weight excluding hydrogens is 328 g/mol. The number of hydrogen-bond acceptors (Lipinski definition) is 4. The van der Waals surface area contributed by atoms with Gasteiger partial charge in [-0.25, -0.2) is 0 Å². The number of nitrogens with one attached hydrogen (secondary N) is 1. The Balaban J connectivity index is 0.00000208. The third kappa shape index (κ3) is 3.91. The summed E-state index contributed by atoms with van der Waals surface area (Å²) in [7, 11) is 0. The number of benzene rings is 1. The predicted molar refractivity (Wildman–Crippen MR) is 96.5 cm³/mol. The molecule has 1 N–H and O–H groups in total. The molecule has 2 aromatic rings. The van der Waals surface area contributed by atoms with Crippen molar-refractivity contribution in [3.05, 3.63) is 36.1 Å². The van der Waals surface area contributed by atoms with Gasteiger partial charge in [-0.1, -0.05) is 25.1 Å². The smallest absolute Gasteiger partial charge is 0.253 e. The Hall–Kier alpha value is -1.56. The fourth-order valence-corrected chi connectivity index (χ4v) is 3.01. The van der Waals surface area contributed by atoms with E-state index in [1.54, 1.807) is 0 Å². The number of fused-ring (bicyclic) bond motifs is 1. The van der Waals surface area contributed by atoms with Crippen LogP contribution in [0.15, 0.2) is 34.7 Å². The highest BCUT2D eigenvalue weighted by atomic mass is 35.5. The van der Waals surface area contributed by atoms with Crippen LogP contribution in [0.2, 0.25) is 0 Å². The Morgan fingerprint density at radius 3 is 2.88 bits per heavy atom. The van der Waals surface area contributed by atoms with Crippen molar-refractivity contribution in [3.8, 4) is 0 Å². The minimum atomic E-state index is -0.401. The standard InChI is InChI=1S/C18H24N2O3.ClH/c1-3-9-20(18(21)17-12-19-8-10-22-17)13(2)16-11-14-6-4-5-7-15(14)23-16;/h4-7,11,13,17,19H,3,8-10,12H2,1-2H3;1H. The molecule has 1 saturated heterocycles. The maximum atomic E-state index is 12.8. The first-order valence-electron chi connectivity index (χ1n) is 8.32. The molecule has 2 unspecified atom stereocenters. The maximum absolute atomic E-state index is 12.8. The SMILES string of the molecule is CCCN(C(=O)C1CNCCO1)C(C)c1cc2ccccc2o1.Cl. The molecule has 0 saturated carbocycles. The number of ether oxygens (including phenoxy) is 1. The third-order valence-electron chi connectivity index (χ3n) is 4.27. The first-order valence-corrected chi connectivity index (χ1v) is 8.32. The number of carbonyl (C=O) groups excluding carboxylic acids is 1. The summed E-state index contributed by atoms with van der Waals surface area (Å²) in [6.45, 7) is 6.74. The van der Waals surface area contributed by atoms with Crippen molar-refractivity contribution in [2.45, 2.75) is 32.4 Å². The van der Waals surface area contributed by atoms with Gasteiger partial charge in [0.1, 0.15) is 17.4 Å². The van der Waals surface area contributed by atoms with Crippen LogP contribution in [0, 0.1) is 0 Å². The minimum absolute atomic E-state index is 0. The van der Waals surface area contributed by atoms with Crippen molar-refractivity contribution in [1.82, 2.24) is 10.2 Å². The molecule has 2 heterocycles. The summed E-state index contributed by atoms with van der Waals surface area (Å²) in [6, 6.07) is 9.83. The van der Waals surface area contributed by atoms with E-state index in [0.29, 0.717) is 19.7 Å². The highest BCUT2D eigenvalue weighted by Crippen LogP contribution is 2.28. The van der Waals surface area contributed by atoms with Gasteiger partial charge in [0.15, 0.2) is 0 Å². The molecule has 1 amide bonds. The second kappa shape index (κ2) is 8.51. The van der Waals surface area contributed by atoms with Gasteiger partial charge in [0.25, 0.3) is 5.91 Å². The number of carbonyl (C=O) groups is 1. The average Bonchev–Trinajstić information content (AvgIpc) is 3.03. The number of morpholine rings is 1. The highest BCUT2D eigenvalue weighted by Gasteiger charge is 2.31. The Labute approximate surface area is 148 Å². The summed E-state index contributed by atoms with van der Waals surface area (Å²) in [5.41, 5.74) is 0.855. The van der Waals surface area contributed by atoms with Crippen molar-refractivity contribution in [1.29, 1.82) is 0 Å². The maximum Gasteiger partial charge on any atom is 0.253 e. The quantitative estimate of drug-likeness (QED) is 0.898. The third-order valence-corrected chi connectivity index (χ3v) is 4.27. The molecule has 1 aliphatic heterocycles. The Morgan fingerprint density at radius 2 is 2.21 bits per heavy atom. The largest absolute Gasteiger partial charge is 0.459 e. The van der Waals surface area contributed by atoms with E-state index < -0.39 is 6.10 Å². The van der Waals surface area contributed by atoms with E-state index in [0.717, 1.165) is 29.7 Å². The van der Waals surface area contributed by atoms with Crippen LogP contribution in [-0.4, -0.2) is 43.2 Å². The van der Waals surface area contributed by atoms with Gasteiger partial charge < -0.3 is 19.4 Å². The summed E-state index contributed by atoms with van der Waals surface area (Å²) in [6.07, 6.45) is 0.498. The summed E-state index contributed by atoms with van der Waals surface area (Å²) >= 11 is 0. The van der Waals surface area contributed by atoms with E-state index in [-0.39, 0.29) is 24.4 Å². The van der Waals surface area contributed by atoms with Gasteiger partial charge in [-0.3, -0.25) is 4.79 Å². The van der Waals surface area contributed by atoms with Crippen LogP contribution >= 0.6 is 12.4 Å². The lowest BCUT2D eigenvalue weighted by molar-refractivity contribution is -0.147. The van der Waals surface area contributed by atoms with Crippen LogP contribution in [0.3, 0.4) is 0 Å². The van der Waals surface area contributed by atoms with Gasteiger partial charge in [-0.05, 0) is 25.5 Å².